The van der Waals surface area contributed by atoms with Crippen molar-refractivity contribution in [3.8, 4) is 0 Å². The molecule has 0 fully saturated rings. The molecule has 4 nitrogen and oxygen atoms in total. The van der Waals surface area contributed by atoms with Crippen molar-refractivity contribution in [2.75, 3.05) is 5.43 Å². The van der Waals surface area contributed by atoms with Crippen LogP contribution < -0.4 is 5.43 Å². The molecule has 100 valence electrons. The predicted octanol–water partition coefficient (Wildman–Crippen LogP) is 3.17. The second-order valence-electron chi connectivity index (χ2n) is 4.92. The van der Waals surface area contributed by atoms with E-state index in [0.717, 1.165) is 17.2 Å². The Kier molecular flexibility index (Phi) is 2.86. The van der Waals surface area contributed by atoms with Gasteiger partial charge in [0.05, 0.1) is 17.9 Å². The van der Waals surface area contributed by atoms with Gasteiger partial charge in [0.1, 0.15) is 0 Å². The minimum Gasteiger partial charge on any atom is -0.320 e. The van der Waals surface area contributed by atoms with Crippen molar-refractivity contribution in [1.82, 2.24) is 14.1 Å². The summed E-state index contributed by atoms with van der Waals surface area (Å²) in [6.07, 6.45) is 2.16. The van der Waals surface area contributed by atoms with Crippen LogP contribution in [0.5, 0.6) is 0 Å². The van der Waals surface area contributed by atoms with Gasteiger partial charge in [0, 0.05) is 22.5 Å². The van der Waals surface area contributed by atoms with Crippen LogP contribution in [0.2, 0.25) is 0 Å². The summed E-state index contributed by atoms with van der Waals surface area (Å²) in [6.45, 7) is 9.17. The van der Waals surface area contributed by atoms with Gasteiger partial charge in [-0.1, -0.05) is 0 Å². The summed E-state index contributed by atoms with van der Waals surface area (Å²) in [5, 5.41) is 0. The van der Waals surface area contributed by atoms with Gasteiger partial charge < -0.3 is 5.43 Å². The van der Waals surface area contributed by atoms with Crippen molar-refractivity contribution < 1.29 is 0 Å². The Morgan fingerprint density at radius 3 is 2.53 bits per heavy atom. The largest absolute Gasteiger partial charge is 0.320 e. The van der Waals surface area contributed by atoms with Gasteiger partial charge in [-0.3, -0.25) is 9.08 Å². The standard InChI is InChI=1S/C14H18N4S/c1-9-5-6-10(2)18(9)15-7-13-12(4)16-14-17(13)8-11(3)19-14/h5-6,8,15H,7H2,1-4H3. The molecule has 0 aromatic carbocycles. The van der Waals surface area contributed by atoms with E-state index in [9.17, 15) is 0 Å². The van der Waals surface area contributed by atoms with Crippen molar-refractivity contribution in [1.29, 1.82) is 0 Å². The average molecular weight is 274 g/mol. The molecule has 0 saturated carbocycles. The van der Waals surface area contributed by atoms with Crippen LogP contribution in [-0.4, -0.2) is 14.1 Å². The molecule has 0 unspecified atom stereocenters. The van der Waals surface area contributed by atoms with Gasteiger partial charge in [-0.25, -0.2) is 4.98 Å². The monoisotopic (exact) mass is 274 g/mol. The number of aryl methyl sites for hydroxylation is 4. The normalized spacial score (nSPS) is 11.4. The van der Waals surface area contributed by atoms with Crippen molar-refractivity contribution in [3.63, 3.8) is 0 Å². The number of aromatic nitrogens is 3. The summed E-state index contributed by atoms with van der Waals surface area (Å²) in [6, 6.07) is 4.24. The zero-order chi connectivity index (χ0) is 13.6. The third-order valence-corrected chi connectivity index (χ3v) is 4.31. The first-order valence-electron chi connectivity index (χ1n) is 6.39. The van der Waals surface area contributed by atoms with E-state index in [1.807, 2.05) is 0 Å². The highest BCUT2D eigenvalue weighted by molar-refractivity contribution is 7.17. The van der Waals surface area contributed by atoms with Crippen LogP contribution >= 0.6 is 11.3 Å². The first-order chi connectivity index (χ1) is 9.06. The molecule has 1 N–H and O–H groups in total. The Labute approximate surface area is 116 Å². The van der Waals surface area contributed by atoms with Crippen LogP contribution in [0, 0.1) is 27.7 Å². The third-order valence-electron chi connectivity index (χ3n) is 3.42. The molecule has 3 heterocycles. The zero-order valence-electron chi connectivity index (χ0n) is 11.7. The van der Waals surface area contributed by atoms with Crippen molar-refractivity contribution in [2.45, 2.75) is 34.2 Å². The lowest BCUT2D eigenvalue weighted by molar-refractivity contribution is 0.773. The van der Waals surface area contributed by atoms with Crippen LogP contribution in [0.15, 0.2) is 18.3 Å². The topological polar surface area (TPSA) is 34.3 Å². The van der Waals surface area contributed by atoms with E-state index in [0.29, 0.717) is 0 Å². The van der Waals surface area contributed by atoms with Gasteiger partial charge in [0.25, 0.3) is 0 Å². The number of hydrogen-bond donors (Lipinski definition) is 1. The Bertz CT molecular complexity index is 713. The van der Waals surface area contributed by atoms with Crippen LogP contribution in [0.1, 0.15) is 27.7 Å². The van der Waals surface area contributed by atoms with E-state index < -0.39 is 0 Å². The van der Waals surface area contributed by atoms with E-state index >= 15 is 0 Å². The second kappa shape index (κ2) is 4.42. The number of thiazole rings is 1. The van der Waals surface area contributed by atoms with Crippen molar-refractivity contribution >= 4 is 16.3 Å². The molecule has 0 aliphatic carbocycles. The van der Waals surface area contributed by atoms with Crippen LogP contribution in [0.25, 0.3) is 4.96 Å². The maximum absolute atomic E-state index is 4.61. The van der Waals surface area contributed by atoms with Gasteiger partial charge in [-0.2, -0.15) is 0 Å². The molecule has 0 aliphatic rings. The molecule has 0 radical (unpaired) electrons. The lowest BCUT2D eigenvalue weighted by Crippen LogP contribution is -2.18. The minimum atomic E-state index is 0.777. The van der Waals surface area contributed by atoms with Crippen molar-refractivity contribution in [3.05, 3.63) is 46.0 Å². The minimum absolute atomic E-state index is 0.777. The summed E-state index contributed by atoms with van der Waals surface area (Å²) in [5.41, 5.74) is 8.23. The first-order valence-corrected chi connectivity index (χ1v) is 7.20. The van der Waals surface area contributed by atoms with Gasteiger partial charge in [-0.15, -0.1) is 11.3 Å². The summed E-state index contributed by atoms with van der Waals surface area (Å²) >= 11 is 1.73. The molecule has 0 spiro atoms. The fraction of sp³-hybridized carbons (Fsp3) is 0.357. The molecule has 0 bridgehead atoms. The summed E-state index contributed by atoms with van der Waals surface area (Å²) in [4.78, 5) is 6.98. The third kappa shape index (κ3) is 2.04. The molecule has 0 aliphatic heterocycles. The van der Waals surface area contributed by atoms with E-state index in [-0.39, 0.29) is 0 Å². The van der Waals surface area contributed by atoms with Gasteiger partial charge in [0.2, 0.25) is 0 Å². The Morgan fingerprint density at radius 2 is 1.84 bits per heavy atom. The molecule has 5 heteroatoms. The van der Waals surface area contributed by atoms with E-state index in [1.165, 1.54) is 22.0 Å². The number of hydrogen-bond acceptors (Lipinski definition) is 3. The number of rotatable bonds is 3. The van der Waals surface area contributed by atoms with Crippen LogP contribution in [0.3, 0.4) is 0 Å². The Morgan fingerprint density at radius 1 is 1.16 bits per heavy atom. The van der Waals surface area contributed by atoms with E-state index in [2.05, 4.69) is 65.5 Å². The number of imidazole rings is 1. The fourth-order valence-corrected chi connectivity index (χ4v) is 3.28. The quantitative estimate of drug-likeness (QED) is 0.796. The Balaban J connectivity index is 1.91. The molecule has 0 atom stereocenters. The fourth-order valence-electron chi connectivity index (χ4n) is 2.39. The molecular weight excluding hydrogens is 256 g/mol. The van der Waals surface area contributed by atoms with Gasteiger partial charge >= 0.3 is 0 Å². The molecule has 19 heavy (non-hydrogen) atoms. The zero-order valence-corrected chi connectivity index (χ0v) is 12.5. The number of fused-ring (bicyclic) bond motifs is 1. The highest BCUT2D eigenvalue weighted by atomic mass is 32.1. The molecule has 3 aromatic rings. The maximum atomic E-state index is 4.61. The lowest BCUT2D eigenvalue weighted by atomic mass is 10.3. The number of nitrogens with one attached hydrogen (secondary N) is 1. The summed E-state index contributed by atoms with van der Waals surface area (Å²) in [5.74, 6) is 0. The highest BCUT2D eigenvalue weighted by Crippen LogP contribution is 2.20. The molecule has 0 amide bonds. The average Bonchev–Trinajstić information content (AvgIpc) is 2.93. The van der Waals surface area contributed by atoms with Crippen molar-refractivity contribution in [2.24, 2.45) is 0 Å². The summed E-state index contributed by atoms with van der Waals surface area (Å²) < 4.78 is 4.31. The van der Waals surface area contributed by atoms with Gasteiger partial charge in [-0.05, 0) is 39.8 Å². The highest BCUT2D eigenvalue weighted by Gasteiger charge is 2.11. The van der Waals surface area contributed by atoms with E-state index in [4.69, 9.17) is 0 Å². The first kappa shape index (κ1) is 12.3. The van der Waals surface area contributed by atoms with E-state index in [1.54, 1.807) is 11.3 Å². The molecule has 3 rings (SSSR count). The van der Waals surface area contributed by atoms with Crippen LogP contribution in [-0.2, 0) is 6.54 Å². The maximum Gasteiger partial charge on any atom is 0.194 e. The van der Waals surface area contributed by atoms with Gasteiger partial charge in [0.15, 0.2) is 4.96 Å². The smallest absolute Gasteiger partial charge is 0.194 e. The molecular formula is C14H18N4S. The SMILES string of the molecule is Cc1cn2c(CNn3c(C)ccc3C)c(C)nc2s1. The Hall–Kier alpha value is -1.75. The second-order valence-corrected chi connectivity index (χ2v) is 6.14. The predicted molar refractivity (Wildman–Crippen MR) is 79.5 cm³/mol. The van der Waals surface area contributed by atoms with Crippen LogP contribution in [0.4, 0.5) is 0 Å². The molecule has 3 aromatic heterocycles. The summed E-state index contributed by atoms with van der Waals surface area (Å²) in [7, 11) is 0. The number of nitrogens with zero attached hydrogens (tertiary/aromatic N) is 3. The lowest BCUT2D eigenvalue weighted by Gasteiger charge is -2.12. The molecule has 0 saturated heterocycles.